The number of nitrogens with zero attached hydrogens (tertiary/aromatic N) is 4. The van der Waals surface area contributed by atoms with Crippen LogP contribution in [-0.2, 0) is 32.6 Å². The van der Waals surface area contributed by atoms with Gasteiger partial charge in [-0.15, -0.1) is 0 Å². The number of fused-ring (bicyclic) bond motifs is 1. The van der Waals surface area contributed by atoms with Crippen LogP contribution in [0.3, 0.4) is 0 Å². The predicted octanol–water partition coefficient (Wildman–Crippen LogP) is 2.34. The Labute approximate surface area is 208 Å². The van der Waals surface area contributed by atoms with Crippen LogP contribution in [0, 0.1) is 0 Å². The summed E-state index contributed by atoms with van der Waals surface area (Å²) in [4.78, 5) is 32.0. The lowest BCUT2D eigenvalue weighted by molar-refractivity contribution is -0.135. The molecule has 0 radical (unpaired) electrons. The molecule has 188 valence electrons. The topological polar surface area (TPSA) is 81.2 Å². The van der Waals surface area contributed by atoms with Crippen molar-refractivity contribution in [1.82, 2.24) is 14.1 Å². The zero-order valence-corrected chi connectivity index (χ0v) is 21.5. The summed E-state index contributed by atoms with van der Waals surface area (Å²) in [6, 6.07) is 14.5. The van der Waals surface area contributed by atoms with Crippen LogP contribution >= 0.6 is 0 Å². The highest BCUT2D eigenvalue weighted by Gasteiger charge is 2.40. The molecule has 0 N–H and O–H groups in total. The van der Waals surface area contributed by atoms with Crippen molar-refractivity contribution >= 4 is 27.5 Å². The number of piperazine rings is 1. The molecule has 1 unspecified atom stereocenters. The molecular formula is C26H34N4O4S. The quantitative estimate of drug-likeness (QED) is 0.585. The van der Waals surface area contributed by atoms with Crippen LogP contribution in [0.15, 0.2) is 53.4 Å². The maximum absolute atomic E-state index is 13.5. The fourth-order valence-corrected chi connectivity index (χ4v) is 6.58. The van der Waals surface area contributed by atoms with E-state index in [1.165, 1.54) is 27.8 Å². The van der Waals surface area contributed by atoms with Crippen LogP contribution < -0.4 is 4.90 Å². The Bertz CT molecular complexity index is 1170. The number of hydrogen-bond donors (Lipinski definition) is 0. The molecule has 8 nitrogen and oxygen atoms in total. The van der Waals surface area contributed by atoms with Crippen molar-refractivity contribution in [1.29, 1.82) is 0 Å². The van der Waals surface area contributed by atoms with Gasteiger partial charge >= 0.3 is 0 Å². The van der Waals surface area contributed by atoms with Crippen molar-refractivity contribution in [3.05, 3.63) is 59.7 Å². The van der Waals surface area contributed by atoms with E-state index in [0.29, 0.717) is 38.3 Å². The van der Waals surface area contributed by atoms with Crippen molar-refractivity contribution < 1.29 is 18.0 Å². The highest BCUT2D eigenvalue weighted by atomic mass is 32.2. The van der Waals surface area contributed by atoms with Crippen molar-refractivity contribution in [2.24, 2.45) is 0 Å². The number of rotatable bonds is 7. The molecule has 1 fully saturated rings. The first-order chi connectivity index (χ1) is 16.8. The second-order valence-corrected chi connectivity index (χ2v) is 11.0. The Hall–Kier alpha value is -2.75. The van der Waals surface area contributed by atoms with Crippen LogP contribution in [0.2, 0.25) is 0 Å². The minimum atomic E-state index is -3.62. The van der Waals surface area contributed by atoms with Crippen molar-refractivity contribution in [2.75, 3.05) is 44.2 Å². The third kappa shape index (κ3) is 5.12. The Morgan fingerprint density at radius 3 is 2.23 bits per heavy atom. The second-order valence-electron chi connectivity index (χ2n) is 9.08. The van der Waals surface area contributed by atoms with Crippen molar-refractivity contribution in [2.45, 2.75) is 44.7 Å². The average Bonchev–Trinajstić information content (AvgIpc) is 3.24. The number of anilines is 1. The molecule has 1 atom stereocenters. The van der Waals surface area contributed by atoms with Crippen LogP contribution in [0.4, 0.5) is 5.69 Å². The van der Waals surface area contributed by atoms with Gasteiger partial charge in [-0.2, -0.15) is 4.31 Å². The first-order valence-corrected chi connectivity index (χ1v) is 13.7. The van der Waals surface area contributed by atoms with Crippen LogP contribution in [0.1, 0.15) is 31.9 Å². The van der Waals surface area contributed by atoms with Crippen molar-refractivity contribution in [3.8, 4) is 0 Å². The van der Waals surface area contributed by atoms with Gasteiger partial charge in [-0.3, -0.25) is 19.4 Å². The lowest BCUT2D eigenvalue weighted by atomic mass is 10.1. The molecule has 2 heterocycles. The number of carbonyl (C=O) groups excluding carboxylic acids is 2. The highest BCUT2D eigenvalue weighted by molar-refractivity contribution is 7.89. The van der Waals surface area contributed by atoms with Gasteiger partial charge < -0.3 is 4.90 Å². The smallest absolute Gasteiger partial charge is 0.246 e. The lowest BCUT2D eigenvalue weighted by Gasteiger charge is -2.37. The van der Waals surface area contributed by atoms with Crippen LogP contribution in [-0.4, -0.2) is 79.6 Å². The van der Waals surface area contributed by atoms with E-state index in [9.17, 15) is 18.0 Å². The Balaban J connectivity index is 1.48. The first kappa shape index (κ1) is 25.3. The van der Waals surface area contributed by atoms with Crippen LogP contribution in [0.5, 0.6) is 0 Å². The molecule has 1 saturated heterocycles. The van der Waals surface area contributed by atoms with Gasteiger partial charge in [0.2, 0.25) is 21.8 Å². The van der Waals surface area contributed by atoms with Gasteiger partial charge in [-0.1, -0.05) is 44.2 Å². The Kier molecular flexibility index (Phi) is 7.59. The molecular weight excluding hydrogens is 464 g/mol. The van der Waals surface area contributed by atoms with Crippen LogP contribution in [0.25, 0.3) is 0 Å². The molecule has 2 aliphatic heterocycles. The molecule has 2 amide bonds. The molecule has 9 heteroatoms. The summed E-state index contributed by atoms with van der Waals surface area (Å²) in [5.74, 6) is -0.298. The SMILES string of the molecule is CCN(CC)S(=O)(=O)c1ccc2c(c1)CC(C(=O)N1CCN(Cc3ccccc3)CC1)N2C(C)=O. The third-order valence-electron chi connectivity index (χ3n) is 6.94. The molecule has 0 aromatic heterocycles. The van der Waals surface area contributed by atoms with E-state index >= 15 is 0 Å². The number of hydrogen-bond acceptors (Lipinski definition) is 5. The van der Waals surface area contributed by atoms with E-state index in [2.05, 4.69) is 17.0 Å². The summed E-state index contributed by atoms with van der Waals surface area (Å²) in [5.41, 5.74) is 2.59. The normalized spacial score (nSPS) is 18.7. The zero-order valence-electron chi connectivity index (χ0n) is 20.7. The number of carbonyl (C=O) groups is 2. The Morgan fingerprint density at radius 1 is 0.971 bits per heavy atom. The molecule has 0 saturated carbocycles. The number of benzene rings is 2. The molecule has 2 aromatic carbocycles. The number of amides is 2. The number of sulfonamides is 1. The molecule has 4 rings (SSSR count). The molecule has 0 spiro atoms. The molecule has 0 bridgehead atoms. The van der Waals surface area contributed by atoms with E-state index in [-0.39, 0.29) is 16.7 Å². The van der Waals surface area contributed by atoms with Gasteiger partial charge in [-0.05, 0) is 29.3 Å². The monoisotopic (exact) mass is 498 g/mol. The van der Waals surface area contributed by atoms with Gasteiger partial charge in [0, 0.05) is 64.8 Å². The largest absolute Gasteiger partial charge is 0.338 e. The fraction of sp³-hybridized carbons (Fsp3) is 0.462. The van der Waals surface area contributed by atoms with E-state index in [1.807, 2.05) is 23.1 Å². The summed E-state index contributed by atoms with van der Waals surface area (Å²) in [6.07, 6.45) is 0.319. The highest BCUT2D eigenvalue weighted by Crippen LogP contribution is 2.35. The lowest BCUT2D eigenvalue weighted by Crippen LogP contribution is -2.55. The fourth-order valence-electron chi connectivity index (χ4n) is 5.07. The van der Waals surface area contributed by atoms with E-state index < -0.39 is 16.1 Å². The molecule has 35 heavy (non-hydrogen) atoms. The predicted molar refractivity (Wildman–Crippen MR) is 135 cm³/mol. The average molecular weight is 499 g/mol. The molecule has 2 aromatic rings. The summed E-state index contributed by atoms with van der Waals surface area (Å²) in [6.45, 7) is 9.42. The third-order valence-corrected chi connectivity index (χ3v) is 8.98. The minimum absolute atomic E-state index is 0.0797. The first-order valence-electron chi connectivity index (χ1n) is 12.2. The van der Waals surface area contributed by atoms with E-state index in [4.69, 9.17) is 0 Å². The summed E-state index contributed by atoms with van der Waals surface area (Å²) in [7, 11) is -3.62. The minimum Gasteiger partial charge on any atom is -0.338 e. The van der Waals surface area contributed by atoms with Gasteiger partial charge in [0.05, 0.1) is 4.90 Å². The van der Waals surface area contributed by atoms with Gasteiger partial charge in [0.15, 0.2) is 0 Å². The van der Waals surface area contributed by atoms with Gasteiger partial charge in [0.25, 0.3) is 0 Å². The molecule has 0 aliphatic carbocycles. The van der Waals surface area contributed by atoms with Gasteiger partial charge in [0.1, 0.15) is 6.04 Å². The second kappa shape index (κ2) is 10.5. The summed E-state index contributed by atoms with van der Waals surface area (Å²) < 4.78 is 27.4. The summed E-state index contributed by atoms with van der Waals surface area (Å²) in [5, 5.41) is 0. The Morgan fingerprint density at radius 2 is 1.63 bits per heavy atom. The van der Waals surface area contributed by atoms with Crippen molar-refractivity contribution in [3.63, 3.8) is 0 Å². The standard InChI is InChI=1S/C26H34N4O4S/c1-4-29(5-2)35(33,34)23-11-12-24-22(17-23)18-25(30(24)20(3)31)26(32)28-15-13-27(14-16-28)19-21-9-7-6-8-10-21/h6-12,17,25H,4-5,13-16,18-19H2,1-3H3. The maximum Gasteiger partial charge on any atom is 0.246 e. The van der Waals surface area contributed by atoms with E-state index in [1.54, 1.807) is 26.0 Å². The van der Waals surface area contributed by atoms with E-state index in [0.717, 1.165) is 25.2 Å². The van der Waals surface area contributed by atoms with Gasteiger partial charge in [-0.25, -0.2) is 8.42 Å². The maximum atomic E-state index is 13.5. The zero-order chi connectivity index (χ0) is 25.2. The summed E-state index contributed by atoms with van der Waals surface area (Å²) >= 11 is 0. The molecule has 2 aliphatic rings.